The molecule has 1 atom stereocenters. The molecule has 0 aliphatic carbocycles. The van der Waals surface area contributed by atoms with E-state index in [9.17, 15) is 0 Å². The summed E-state index contributed by atoms with van der Waals surface area (Å²) in [6, 6.07) is 13.5. The van der Waals surface area contributed by atoms with Crippen LogP contribution in [0.2, 0.25) is 0 Å². The smallest absolute Gasteiger partial charge is 0.0991 e. The average Bonchev–Trinajstić information content (AvgIpc) is 2.82. The molecule has 1 aromatic carbocycles. The number of hydrogen-bond donors (Lipinski definition) is 0. The summed E-state index contributed by atoms with van der Waals surface area (Å²) in [6.07, 6.45) is 0. The molecule has 0 saturated heterocycles. The summed E-state index contributed by atoms with van der Waals surface area (Å²) in [5, 5.41) is 10.6. The lowest BCUT2D eigenvalue weighted by atomic mass is 10.1. The molecule has 0 fully saturated rings. The fraction of sp³-hybridized carbons (Fsp3) is 0.0833. The van der Waals surface area contributed by atoms with Gasteiger partial charge in [0.05, 0.1) is 17.0 Å². The Hall–Kier alpha value is -1.30. The zero-order chi connectivity index (χ0) is 10.7. The third-order valence-electron chi connectivity index (χ3n) is 2.13. The SMILES string of the molecule is N#Cc1ccc(C(Cl)c2cccs2)cc1. The Kier molecular flexibility index (Phi) is 3.05. The predicted octanol–water partition coefficient (Wildman–Crippen LogP) is 3.95. The molecule has 0 saturated carbocycles. The van der Waals surface area contributed by atoms with E-state index in [1.54, 1.807) is 23.5 Å². The van der Waals surface area contributed by atoms with Crippen molar-refractivity contribution >= 4 is 22.9 Å². The topological polar surface area (TPSA) is 23.8 Å². The summed E-state index contributed by atoms with van der Waals surface area (Å²) < 4.78 is 0. The second-order valence-corrected chi connectivity index (χ2v) is 4.53. The maximum atomic E-state index is 8.67. The number of nitrogens with zero attached hydrogens (tertiary/aromatic N) is 1. The van der Waals surface area contributed by atoms with Crippen LogP contribution in [0, 0.1) is 11.3 Å². The van der Waals surface area contributed by atoms with Gasteiger partial charge in [-0.1, -0.05) is 18.2 Å². The standard InChI is InChI=1S/C12H8ClNS/c13-12(11-2-1-7-15-11)10-5-3-9(8-14)4-6-10/h1-7,12H. The van der Waals surface area contributed by atoms with Crippen LogP contribution in [-0.2, 0) is 0 Å². The summed E-state index contributed by atoms with van der Waals surface area (Å²) in [7, 11) is 0. The van der Waals surface area contributed by atoms with Crippen LogP contribution < -0.4 is 0 Å². The first-order valence-corrected chi connectivity index (χ1v) is 5.80. The summed E-state index contributed by atoms with van der Waals surface area (Å²) in [4.78, 5) is 1.13. The second-order valence-electron chi connectivity index (χ2n) is 3.11. The molecule has 1 heterocycles. The van der Waals surface area contributed by atoms with Gasteiger partial charge in [-0.25, -0.2) is 0 Å². The van der Waals surface area contributed by atoms with Crippen molar-refractivity contribution in [2.45, 2.75) is 5.38 Å². The molecule has 0 aliphatic rings. The molecule has 0 bridgehead atoms. The Morgan fingerprint density at radius 3 is 2.47 bits per heavy atom. The Balaban J connectivity index is 2.27. The molecular formula is C12H8ClNS. The van der Waals surface area contributed by atoms with Gasteiger partial charge in [-0.2, -0.15) is 5.26 Å². The lowest BCUT2D eigenvalue weighted by molar-refractivity contribution is 1.18. The molecule has 1 nitrogen and oxygen atoms in total. The number of nitriles is 1. The van der Waals surface area contributed by atoms with Crippen LogP contribution in [0.1, 0.15) is 21.4 Å². The highest BCUT2D eigenvalue weighted by Crippen LogP contribution is 2.31. The van der Waals surface area contributed by atoms with Gasteiger partial charge in [-0.3, -0.25) is 0 Å². The molecule has 0 amide bonds. The first-order chi connectivity index (χ1) is 7.31. The Morgan fingerprint density at radius 1 is 1.20 bits per heavy atom. The largest absolute Gasteiger partial charge is 0.192 e. The van der Waals surface area contributed by atoms with Gasteiger partial charge < -0.3 is 0 Å². The number of halogens is 1. The van der Waals surface area contributed by atoms with Gasteiger partial charge in [-0.15, -0.1) is 22.9 Å². The van der Waals surface area contributed by atoms with E-state index in [-0.39, 0.29) is 5.38 Å². The normalized spacial score (nSPS) is 12.0. The van der Waals surface area contributed by atoms with E-state index in [1.165, 1.54) is 0 Å². The van der Waals surface area contributed by atoms with Crippen molar-refractivity contribution in [2.24, 2.45) is 0 Å². The van der Waals surface area contributed by atoms with Crippen LogP contribution in [0.4, 0.5) is 0 Å². The number of hydrogen-bond acceptors (Lipinski definition) is 2. The highest BCUT2D eigenvalue weighted by atomic mass is 35.5. The summed E-state index contributed by atoms with van der Waals surface area (Å²) in [6.45, 7) is 0. The summed E-state index contributed by atoms with van der Waals surface area (Å²) >= 11 is 7.93. The van der Waals surface area contributed by atoms with Gasteiger partial charge in [0.1, 0.15) is 0 Å². The molecule has 1 unspecified atom stereocenters. The lowest BCUT2D eigenvalue weighted by Crippen LogP contribution is -1.89. The summed E-state index contributed by atoms with van der Waals surface area (Å²) in [5.41, 5.74) is 1.69. The number of alkyl halides is 1. The zero-order valence-electron chi connectivity index (χ0n) is 7.85. The van der Waals surface area contributed by atoms with Gasteiger partial charge in [0.25, 0.3) is 0 Å². The van der Waals surface area contributed by atoms with Crippen LogP contribution >= 0.6 is 22.9 Å². The van der Waals surface area contributed by atoms with E-state index < -0.39 is 0 Å². The fourth-order valence-electron chi connectivity index (χ4n) is 1.33. The predicted molar refractivity (Wildman–Crippen MR) is 63.2 cm³/mol. The third kappa shape index (κ3) is 2.20. The Morgan fingerprint density at radius 2 is 1.93 bits per heavy atom. The van der Waals surface area contributed by atoms with E-state index >= 15 is 0 Å². The lowest BCUT2D eigenvalue weighted by Gasteiger charge is -2.06. The van der Waals surface area contributed by atoms with E-state index in [0.717, 1.165) is 10.4 Å². The first-order valence-electron chi connectivity index (χ1n) is 4.49. The van der Waals surface area contributed by atoms with Crippen molar-refractivity contribution in [1.29, 1.82) is 5.26 Å². The number of benzene rings is 1. The van der Waals surface area contributed by atoms with E-state index in [1.807, 2.05) is 29.6 Å². The van der Waals surface area contributed by atoms with Gasteiger partial charge >= 0.3 is 0 Å². The van der Waals surface area contributed by atoms with Crippen LogP contribution in [0.15, 0.2) is 41.8 Å². The fourth-order valence-corrected chi connectivity index (χ4v) is 2.43. The second kappa shape index (κ2) is 4.48. The monoisotopic (exact) mass is 233 g/mol. The molecule has 0 spiro atoms. The molecule has 0 N–H and O–H groups in total. The zero-order valence-corrected chi connectivity index (χ0v) is 9.42. The molecule has 74 valence electrons. The van der Waals surface area contributed by atoms with E-state index in [4.69, 9.17) is 16.9 Å². The quantitative estimate of drug-likeness (QED) is 0.721. The molecule has 15 heavy (non-hydrogen) atoms. The third-order valence-corrected chi connectivity index (χ3v) is 3.68. The van der Waals surface area contributed by atoms with Gasteiger partial charge in [0.15, 0.2) is 0 Å². The maximum Gasteiger partial charge on any atom is 0.0991 e. The minimum absolute atomic E-state index is 0.113. The molecule has 2 rings (SSSR count). The van der Waals surface area contributed by atoms with Crippen molar-refractivity contribution in [3.63, 3.8) is 0 Å². The average molecular weight is 234 g/mol. The Bertz CT molecular complexity index is 467. The van der Waals surface area contributed by atoms with Crippen molar-refractivity contribution in [1.82, 2.24) is 0 Å². The van der Waals surface area contributed by atoms with Gasteiger partial charge in [-0.05, 0) is 29.1 Å². The van der Waals surface area contributed by atoms with Crippen molar-refractivity contribution in [2.75, 3.05) is 0 Å². The summed E-state index contributed by atoms with van der Waals surface area (Å²) in [5.74, 6) is 0. The molecule has 0 aliphatic heterocycles. The first kappa shape index (κ1) is 10.2. The maximum absolute atomic E-state index is 8.67. The van der Waals surface area contributed by atoms with Gasteiger partial charge in [0, 0.05) is 4.88 Å². The van der Waals surface area contributed by atoms with Crippen LogP contribution in [-0.4, -0.2) is 0 Å². The van der Waals surface area contributed by atoms with Crippen LogP contribution in [0.25, 0.3) is 0 Å². The number of rotatable bonds is 2. The highest BCUT2D eigenvalue weighted by Gasteiger charge is 2.10. The molecule has 1 aromatic heterocycles. The minimum Gasteiger partial charge on any atom is -0.192 e. The van der Waals surface area contributed by atoms with Crippen LogP contribution in [0.3, 0.4) is 0 Å². The van der Waals surface area contributed by atoms with E-state index in [2.05, 4.69) is 6.07 Å². The van der Waals surface area contributed by atoms with Crippen molar-refractivity contribution in [3.8, 4) is 6.07 Å². The number of thiophene rings is 1. The van der Waals surface area contributed by atoms with Crippen molar-refractivity contribution in [3.05, 3.63) is 57.8 Å². The minimum atomic E-state index is -0.113. The molecule has 3 heteroatoms. The highest BCUT2D eigenvalue weighted by molar-refractivity contribution is 7.10. The van der Waals surface area contributed by atoms with Crippen molar-refractivity contribution < 1.29 is 0 Å². The molecule has 0 radical (unpaired) electrons. The molecular weight excluding hydrogens is 226 g/mol. The van der Waals surface area contributed by atoms with E-state index in [0.29, 0.717) is 5.56 Å². The Labute approximate surface area is 97.6 Å². The van der Waals surface area contributed by atoms with Crippen LogP contribution in [0.5, 0.6) is 0 Å². The molecule has 2 aromatic rings. The van der Waals surface area contributed by atoms with Gasteiger partial charge in [0.2, 0.25) is 0 Å².